The van der Waals surface area contributed by atoms with Gasteiger partial charge in [-0.25, -0.2) is 9.59 Å². The quantitative estimate of drug-likeness (QED) is 0.785. The lowest BCUT2D eigenvalue weighted by atomic mass is 10.2. The number of nitrogens with zero attached hydrogens (tertiary/aromatic N) is 2. The van der Waals surface area contributed by atoms with Crippen LogP contribution in [-0.2, 0) is 17.9 Å². The number of aromatic nitrogens is 2. The molecule has 0 aromatic carbocycles. The average molecular weight is 321 g/mol. The van der Waals surface area contributed by atoms with Crippen LogP contribution in [0.4, 0.5) is 0 Å². The maximum Gasteiger partial charge on any atom is 0.339 e. The number of carbonyl (C=O) groups excluding carboxylic acids is 1. The molecule has 0 fully saturated rings. The summed E-state index contributed by atoms with van der Waals surface area (Å²) in [5.41, 5.74) is -1.18. The molecule has 0 radical (unpaired) electrons. The molecule has 9 heteroatoms. The van der Waals surface area contributed by atoms with Crippen LogP contribution >= 0.6 is 0 Å². The first-order chi connectivity index (χ1) is 10.8. The molecule has 2 rings (SSSR count). The monoisotopic (exact) mass is 321 g/mol. The van der Waals surface area contributed by atoms with Gasteiger partial charge in [0.2, 0.25) is 5.91 Å². The SMILES string of the molecule is Cc1oc(CN(C)C(=O)Cn2ccc(=O)[nH]c2=O)cc1C(=O)O. The summed E-state index contributed by atoms with van der Waals surface area (Å²) in [6, 6.07) is 2.50. The van der Waals surface area contributed by atoms with Gasteiger partial charge < -0.3 is 14.4 Å². The van der Waals surface area contributed by atoms with E-state index in [0.717, 1.165) is 10.6 Å². The summed E-state index contributed by atoms with van der Waals surface area (Å²) in [7, 11) is 1.50. The smallest absolute Gasteiger partial charge is 0.339 e. The zero-order valence-electron chi connectivity index (χ0n) is 12.5. The number of furan rings is 1. The summed E-state index contributed by atoms with van der Waals surface area (Å²) in [4.78, 5) is 48.9. The van der Waals surface area contributed by atoms with Crippen LogP contribution in [0.3, 0.4) is 0 Å². The van der Waals surface area contributed by atoms with Crippen molar-refractivity contribution in [3.8, 4) is 0 Å². The molecule has 2 N–H and O–H groups in total. The number of hydrogen-bond donors (Lipinski definition) is 2. The maximum absolute atomic E-state index is 12.1. The summed E-state index contributed by atoms with van der Waals surface area (Å²) in [6.07, 6.45) is 1.23. The lowest BCUT2D eigenvalue weighted by Crippen LogP contribution is -2.36. The summed E-state index contributed by atoms with van der Waals surface area (Å²) in [5, 5.41) is 8.96. The van der Waals surface area contributed by atoms with Crippen molar-refractivity contribution in [2.45, 2.75) is 20.0 Å². The van der Waals surface area contributed by atoms with Crippen molar-refractivity contribution >= 4 is 11.9 Å². The third kappa shape index (κ3) is 3.76. The Hall–Kier alpha value is -3.10. The molecule has 0 aliphatic heterocycles. The van der Waals surface area contributed by atoms with Gasteiger partial charge in [0.05, 0.1) is 6.54 Å². The first kappa shape index (κ1) is 16.3. The number of aryl methyl sites for hydroxylation is 1. The molecule has 0 atom stereocenters. The number of H-pyrrole nitrogens is 1. The van der Waals surface area contributed by atoms with E-state index in [9.17, 15) is 19.2 Å². The molecule has 0 aliphatic carbocycles. The van der Waals surface area contributed by atoms with Crippen molar-refractivity contribution < 1.29 is 19.1 Å². The van der Waals surface area contributed by atoms with Gasteiger partial charge in [-0.3, -0.25) is 19.1 Å². The van der Waals surface area contributed by atoms with E-state index in [-0.39, 0.29) is 24.4 Å². The van der Waals surface area contributed by atoms with Crippen molar-refractivity contribution in [1.29, 1.82) is 0 Å². The number of carboxylic acids is 1. The largest absolute Gasteiger partial charge is 0.478 e. The molecule has 122 valence electrons. The van der Waals surface area contributed by atoms with Crippen molar-refractivity contribution in [3.63, 3.8) is 0 Å². The van der Waals surface area contributed by atoms with Crippen LogP contribution in [0.1, 0.15) is 21.9 Å². The number of aromatic amines is 1. The van der Waals surface area contributed by atoms with Gasteiger partial charge in [-0.2, -0.15) is 0 Å². The van der Waals surface area contributed by atoms with Crippen molar-refractivity contribution in [3.05, 3.63) is 56.3 Å². The molecule has 2 aromatic rings. The van der Waals surface area contributed by atoms with Gasteiger partial charge >= 0.3 is 11.7 Å². The zero-order valence-corrected chi connectivity index (χ0v) is 12.5. The Morgan fingerprint density at radius 3 is 2.65 bits per heavy atom. The second-order valence-corrected chi connectivity index (χ2v) is 4.98. The molecule has 2 heterocycles. The Balaban J connectivity index is 2.08. The lowest BCUT2D eigenvalue weighted by Gasteiger charge is -2.16. The third-order valence-corrected chi connectivity index (χ3v) is 3.22. The molecule has 2 aromatic heterocycles. The Labute approximate surface area is 129 Å². The van der Waals surface area contributed by atoms with Gasteiger partial charge in [0.15, 0.2) is 0 Å². The maximum atomic E-state index is 12.1. The normalized spacial score (nSPS) is 10.5. The third-order valence-electron chi connectivity index (χ3n) is 3.22. The predicted octanol–water partition coefficient (Wildman–Crippen LogP) is -0.205. The predicted molar refractivity (Wildman–Crippen MR) is 78.2 cm³/mol. The van der Waals surface area contributed by atoms with E-state index >= 15 is 0 Å². The second-order valence-electron chi connectivity index (χ2n) is 4.98. The summed E-state index contributed by atoms with van der Waals surface area (Å²) in [5.74, 6) is -0.925. The molecule has 0 saturated carbocycles. The Morgan fingerprint density at radius 2 is 2.09 bits per heavy atom. The number of hydrogen-bond acceptors (Lipinski definition) is 5. The molecule has 0 bridgehead atoms. The first-order valence-corrected chi connectivity index (χ1v) is 6.64. The van der Waals surface area contributed by atoms with E-state index in [2.05, 4.69) is 4.98 Å². The molecular formula is C14H15N3O6. The van der Waals surface area contributed by atoms with Gasteiger partial charge in [-0.15, -0.1) is 0 Å². The van der Waals surface area contributed by atoms with E-state index in [0.29, 0.717) is 5.76 Å². The highest BCUT2D eigenvalue weighted by molar-refractivity contribution is 5.88. The number of aromatic carboxylic acids is 1. The Bertz CT molecular complexity index is 860. The van der Waals surface area contributed by atoms with Crippen molar-refractivity contribution in [1.82, 2.24) is 14.5 Å². The van der Waals surface area contributed by atoms with Crippen molar-refractivity contribution in [2.24, 2.45) is 0 Å². The molecule has 23 heavy (non-hydrogen) atoms. The fourth-order valence-corrected chi connectivity index (χ4v) is 1.99. The molecule has 1 amide bonds. The van der Waals surface area contributed by atoms with E-state index in [1.807, 2.05) is 0 Å². The number of rotatable bonds is 5. The molecule has 0 unspecified atom stereocenters. The minimum atomic E-state index is -1.11. The van der Waals surface area contributed by atoms with Gasteiger partial charge in [-0.1, -0.05) is 0 Å². The van der Waals surface area contributed by atoms with E-state index in [1.165, 1.54) is 31.1 Å². The molecule has 9 nitrogen and oxygen atoms in total. The van der Waals surface area contributed by atoms with Crippen LogP contribution in [0, 0.1) is 6.92 Å². The topological polar surface area (TPSA) is 126 Å². The number of nitrogens with one attached hydrogen (secondary N) is 1. The van der Waals surface area contributed by atoms with Crippen LogP contribution in [-0.4, -0.2) is 38.5 Å². The van der Waals surface area contributed by atoms with E-state index in [4.69, 9.17) is 9.52 Å². The van der Waals surface area contributed by atoms with Gasteiger partial charge in [0, 0.05) is 19.3 Å². The minimum absolute atomic E-state index is 0.0395. The molecule has 0 aliphatic rings. The number of amides is 1. The highest BCUT2D eigenvalue weighted by Crippen LogP contribution is 2.16. The Kier molecular flexibility index (Phi) is 4.49. The summed E-state index contributed by atoms with van der Waals surface area (Å²) < 4.78 is 6.36. The van der Waals surface area contributed by atoms with Crippen LogP contribution < -0.4 is 11.2 Å². The number of carboxylic acid groups (broad SMARTS) is 1. The molecule has 0 spiro atoms. The van der Waals surface area contributed by atoms with Crippen LogP contribution in [0.5, 0.6) is 0 Å². The van der Waals surface area contributed by atoms with Gasteiger partial charge in [0.25, 0.3) is 5.56 Å². The standard InChI is InChI=1S/C14H15N3O6/c1-8-10(13(20)21)5-9(23-8)6-16(2)12(19)7-17-4-3-11(18)15-14(17)22/h3-5H,6-7H2,1-2H3,(H,20,21)(H,15,18,22). The summed E-state index contributed by atoms with van der Waals surface area (Å²) in [6.45, 7) is 1.33. The van der Waals surface area contributed by atoms with E-state index in [1.54, 1.807) is 0 Å². The first-order valence-electron chi connectivity index (χ1n) is 6.64. The fourth-order valence-electron chi connectivity index (χ4n) is 1.99. The zero-order chi connectivity index (χ0) is 17.1. The Morgan fingerprint density at radius 1 is 1.39 bits per heavy atom. The number of likely N-dealkylation sites (N-methyl/N-ethyl adjacent to an activating group) is 1. The van der Waals surface area contributed by atoms with Crippen LogP contribution in [0.2, 0.25) is 0 Å². The van der Waals surface area contributed by atoms with Crippen molar-refractivity contribution in [2.75, 3.05) is 7.05 Å². The highest BCUT2D eigenvalue weighted by atomic mass is 16.4. The average Bonchev–Trinajstić information content (AvgIpc) is 2.82. The van der Waals surface area contributed by atoms with Gasteiger partial charge in [-0.05, 0) is 13.0 Å². The summed E-state index contributed by atoms with van der Waals surface area (Å²) >= 11 is 0. The lowest BCUT2D eigenvalue weighted by molar-refractivity contribution is -0.131. The minimum Gasteiger partial charge on any atom is -0.478 e. The second kappa shape index (κ2) is 6.34. The fraction of sp³-hybridized carbons (Fsp3) is 0.286. The van der Waals surface area contributed by atoms with Gasteiger partial charge in [0.1, 0.15) is 23.6 Å². The van der Waals surface area contributed by atoms with E-state index < -0.39 is 23.1 Å². The molecule has 0 saturated heterocycles. The van der Waals surface area contributed by atoms with Crippen LogP contribution in [0.15, 0.2) is 32.3 Å². The molecular weight excluding hydrogens is 306 g/mol. The van der Waals surface area contributed by atoms with Crippen LogP contribution in [0.25, 0.3) is 0 Å². The highest BCUT2D eigenvalue weighted by Gasteiger charge is 2.17. The number of carbonyl (C=O) groups is 2.